The van der Waals surface area contributed by atoms with E-state index in [2.05, 4.69) is 16.0 Å². The molecule has 0 radical (unpaired) electrons. The molecule has 0 aliphatic carbocycles. The highest BCUT2D eigenvalue weighted by Crippen LogP contribution is 2.29. The lowest BCUT2D eigenvalue weighted by Gasteiger charge is -2.13. The van der Waals surface area contributed by atoms with Gasteiger partial charge in [0.05, 0.1) is 11.3 Å². The molecule has 7 heteroatoms. The van der Waals surface area contributed by atoms with Crippen LogP contribution in [0.2, 0.25) is 0 Å². The van der Waals surface area contributed by atoms with Crippen LogP contribution in [0.3, 0.4) is 0 Å². The molecular weight excluding hydrogens is 358 g/mol. The normalized spacial score (nSPS) is 10.0. The number of carboxylic acids is 1. The first-order chi connectivity index (χ1) is 13.5. The molecule has 0 aliphatic rings. The Balaban J connectivity index is 1.78. The zero-order chi connectivity index (χ0) is 19.9. The van der Waals surface area contributed by atoms with Gasteiger partial charge in [0.2, 0.25) is 0 Å². The van der Waals surface area contributed by atoms with E-state index < -0.39 is 18.0 Å². The Morgan fingerprint density at radius 2 is 1.32 bits per heavy atom. The minimum Gasteiger partial charge on any atom is -0.478 e. The van der Waals surface area contributed by atoms with Crippen LogP contribution in [0, 0.1) is 0 Å². The molecule has 0 spiro atoms. The first kappa shape index (κ1) is 18.7. The van der Waals surface area contributed by atoms with E-state index >= 15 is 0 Å². The van der Waals surface area contributed by atoms with E-state index in [0.29, 0.717) is 11.3 Å². The molecule has 3 rings (SSSR count). The SMILES string of the molecule is O=C(NC(=O)Nc1cc(C(=O)O)ccc1-c1ccccc1)Nc1ccccc1. The highest BCUT2D eigenvalue weighted by molar-refractivity contribution is 6.07. The third-order valence-corrected chi connectivity index (χ3v) is 3.86. The van der Waals surface area contributed by atoms with Gasteiger partial charge in [0.1, 0.15) is 0 Å². The summed E-state index contributed by atoms with van der Waals surface area (Å²) < 4.78 is 0. The average molecular weight is 375 g/mol. The van der Waals surface area contributed by atoms with E-state index in [1.807, 2.05) is 30.3 Å². The Hall–Kier alpha value is -4.13. The highest BCUT2D eigenvalue weighted by atomic mass is 16.4. The lowest BCUT2D eigenvalue weighted by atomic mass is 10.0. The number of anilines is 2. The number of carbonyl (C=O) groups excluding carboxylic acids is 2. The van der Waals surface area contributed by atoms with E-state index in [9.17, 15) is 19.5 Å². The molecule has 0 heterocycles. The molecule has 28 heavy (non-hydrogen) atoms. The van der Waals surface area contributed by atoms with Crippen molar-refractivity contribution in [2.75, 3.05) is 10.6 Å². The van der Waals surface area contributed by atoms with Crippen LogP contribution >= 0.6 is 0 Å². The second-order valence-corrected chi connectivity index (χ2v) is 5.83. The zero-order valence-electron chi connectivity index (χ0n) is 14.7. The standard InChI is InChI=1S/C21H17N3O4/c25-19(26)15-11-12-17(14-7-3-1-4-8-14)18(13-15)23-21(28)24-20(27)22-16-9-5-2-6-10-16/h1-13H,(H,25,26)(H3,22,23,24,27,28). The van der Waals surface area contributed by atoms with Gasteiger partial charge in [-0.3, -0.25) is 5.32 Å². The van der Waals surface area contributed by atoms with Crippen LogP contribution in [0.25, 0.3) is 11.1 Å². The van der Waals surface area contributed by atoms with Crippen molar-refractivity contribution in [2.45, 2.75) is 0 Å². The largest absolute Gasteiger partial charge is 0.478 e. The van der Waals surface area contributed by atoms with Crippen molar-refractivity contribution in [1.29, 1.82) is 0 Å². The summed E-state index contributed by atoms with van der Waals surface area (Å²) in [7, 11) is 0. The molecular formula is C21H17N3O4. The van der Waals surface area contributed by atoms with Gasteiger partial charge in [-0.15, -0.1) is 0 Å². The molecule has 0 unspecified atom stereocenters. The van der Waals surface area contributed by atoms with Gasteiger partial charge >= 0.3 is 18.0 Å². The van der Waals surface area contributed by atoms with E-state index in [1.54, 1.807) is 36.4 Å². The van der Waals surface area contributed by atoms with Crippen molar-refractivity contribution in [3.63, 3.8) is 0 Å². The fourth-order valence-electron chi connectivity index (χ4n) is 2.59. The number of rotatable bonds is 4. The molecule has 4 N–H and O–H groups in total. The van der Waals surface area contributed by atoms with E-state index in [0.717, 1.165) is 5.56 Å². The third kappa shape index (κ3) is 4.73. The summed E-state index contributed by atoms with van der Waals surface area (Å²) in [6, 6.07) is 20.8. The van der Waals surface area contributed by atoms with Crippen molar-refractivity contribution in [2.24, 2.45) is 0 Å². The molecule has 0 saturated heterocycles. The van der Waals surface area contributed by atoms with Crippen LogP contribution in [0.15, 0.2) is 78.9 Å². The number of hydrogen-bond acceptors (Lipinski definition) is 3. The molecule has 0 atom stereocenters. The van der Waals surface area contributed by atoms with Gasteiger partial charge in [0.15, 0.2) is 0 Å². The summed E-state index contributed by atoms with van der Waals surface area (Å²) in [6.07, 6.45) is 0. The first-order valence-corrected chi connectivity index (χ1v) is 8.40. The topological polar surface area (TPSA) is 108 Å². The molecule has 0 saturated carbocycles. The third-order valence-electron chi connectivity index (χ3n) is 3.86. The van der Waals surface area contributed by atoms with Crippen LogP contribution in [-0.4, -0.2) is 23.1 Å². The fourth-order valence-corrected chi connectivity index (χ4v) is 2.59. The summed E-state index contributed by atoms with van der Waals surface area (Å²) in [5.41, 5.74) is 2.25. The second-order valence-electron chi connectivity index (χ2n) is 5.83. The van der Waals surface area contributed by atoms with Crippen molar-refractivity contribution in [1.82, 2.24) is 5.32 Å². The molecule has 0 bridgehead atoms. The number of aromatic carboxylic acids is 1. The minimum atomic E-state index is -1.12. The Bertz CT molecular complexity index is 1000. The van der Waals surface area contributed by atoms with Gasteiger partial charge in [-0.1, -0.05) is 54.6 Å². The van der Waals surface area contributed by atoms with Gasteiger partial charge in [0, 0.05) is 11.3 Å². The van der Waals surface area contributed by atoms with Gasteiger partial charge < -0.3 is 15.7 Å². The second kappa shape index (κ2) is 8.50. The van der Waals surface area contributed by atoms with Crippen LogP contribution in [0.5, 0.6) is 0 Å². The van der Waals surface area contributed by atoms with Crippen molar-refractivity contribution >= 4 is 29.4 Å². The quantitative estimate of drug-likeness (QED) is 0.542. The fraction of sp³-hybridized carbons (Fsp3) is 0. The maximum atomic E-state index is 12.2. The van der Waals surface area contributed by atoms with Gasteiger partial charge in [-0.05, 0) is 29.8 Å². The number of carboxylic acid groups (broad SMARTS) is 1. The average Bonchev–Trinajstić information content (AvgIpc) is 2.69. The molecule has 3 aromatic carbocycles. The summed E-state index contributed by atoms with van der Waals surface area (Å²) in [6.45, 7) is 0. The van der Waals surface area contributed by atoms with Crippen molar-refractivity contribution in [3.8, 4) is 11.1 Å². The van der Waals surface area contributed by atoms with Gasteiger partial charge in [0.25, 0.3) is 0 Å². The predicted octanol–water partition coefficient (Wildman–Crippen LogP) is 4.41. The molecule has 0 fully saturated rings. The summed E-state index contributed by atoms with van der Waals surface area (Å²) >= 11 is 0. The smallest absolute Gasteiger partial charge is 0.335 e. The maximum Gasteiger partial charge on any atom is 0.335 e. The molecule has 7 nitrogen and oxygen atoms in total. The Morgan fingerprint density at radius 3 is 1.96 bits per heavy atom. The number of nitrogens with one attached hydrogen (secondary N) is 3. The zero-order valence-corrected chi connectivity index (χ0v) is 14.7. The Labute approximate surface area is 161 Å². The van der Waals surface area contributed by atoms with Crippen LogP contribution in [0.1, 0.15) is 10.4 Å². The number of benzene rings is 3. The molecule has 0 aliphatic heterocycles. The number of hydrogen-bond donors (Lipinski definition) is 4. The van der Waals surface area contributed by atoms with Gasteiger partial charge in [-0.2, -0.15) is 0 Å². The van der Waals surface area contributed by atoms with Crippen LogP contribution < -0.4 is 16.0 Å². The molecule has 3 aromatic rings. The number of urea groups is 2. The molecule has 4 amide bonds. The first-order valence-electron chi connectivity index (χ1n) is 8.40. The highest BCUT2D eigenvalue weighted by Gasteiger charge is 2.14. The van der Waals surface area contributed by atoms with E-state index in [4.69, 9.17) is 0 Å². The summed E-state index contributed by atoms with van der Waals surface area (Å²) in [5.74, 6) is -1.12. The number of carbonyl (C=O) groups is 3. The van der Waals surface area contributed by atoms with E-state index in [-0.39, 0.29) is 11.3 Å². The van der Waals surface area contributed by atoms with Crippen LogP contribution in [-0.2, 0) is 0 Å². The lowest BCUT2D eigenvalue weighted by molar-refractivity contribution is 0.0697. The number of amides is 4. The Kier molecular flexibility index (Phi) is 5.66. The molecule has 140 valence electrons. The lowest BCUT2D eigenvalue weighted by Crippen LogP contribution is -2.37. The number of imide groups is 1. The van der Waals surface area contributed by atoms with Gasteiger partial charge in [-0.25, -0.2) is 14.4 Å². The van der Waals surface area contributed by atoms with Crippen molar-refractivity contribution < 1.29 is 19.5 Å². The Morgan fingerprint density at radius 1 is 0.714 bits per heavy atom. The van der Waals surface area contributed by atoms with E-state index in [1.165, 1.54) is 12.1 Å². The van der Waals surface area contributed by atoms with Crippen LogP contribution in [0.4, 0.5) is 21.0 Å². The maximum absolute atomic E-state index is 12.2. The summed E-state index contributed by atoms with van der Waals surface area (Å²) in [5, 5.41) is 16.5. The molecule has 0 aromatic heterocycles. The number of para-hydroxylation sites is 1. The summed E-state index contributed by atoms with van der Waals surface area (Å²) in [4.78, 5) is 35.5. The predicted molar refractivity (Wildman–Crippen MR) is 106 cm³/mol. The van der Waals surface area contributed by atoms with Crippen molar-refractivity contribution in [3.05, 3.63) is 84.4 Å². The minimum absolute atomic E-state index is 0.0173. The monoisotopic (exact) mass is 375 g/mol.